The molecule has 1 aliphatic carbocycles. The number of hydrogen-bond donors (Lipinski definition) is 2. The largest absolute Gasteiger partial charge is 0.508 e. The molecular weight excluding hydrogens is 654 g/mol. The third-order valence-electron chi connectivity index (χ3n) is 10.4. The van der Waals surface area contributed by atoms with Crippen molar-refractivity contribution in [3.8, 4) is 35.4 Å². The highest BCUT2D eigenvalue weighted by Gasteiger charge is 2.45. The Kier molecular flexibility index (Phi) is 9.29. The zero-order valence-corrected chi connectivity index (χ0v) is 29.0. The first-order chi connectivity index (χ1) is 24.5. The number of ether oxygens (including phenoxy) is 2. The highest BCUT2D eigenvalue weighted by molar-refractivity contribution is 6.03. The molecule has 2 aliphatic heterocycles. The van der Waals surface area contributed by atoms with Crippen molar-refractivity contribution in [3.05, 3.63) is 60.3 Å². The molecule has 7 rings (SSSR count). The van der Waals surface area contributed by atoms with Gasteiger partial charge in [0.1, 0.15) is 28.6 Å². The summed E-state index contributed by atoms with van der Waals surface area (Å²) in [6.07, 6.45) is 12.0. The molecule has 51 heavy (non-hydrogen) atoms. The van der Waals surface area contributed by atoms with E-state index in [0.29, 0.717) is 49.5 Å². The number of aromatic hydroxyl groups is 1. The third-order valence-corrected chi connectivity index (χ3v) is 10.4. The van der Waals surface area contributed by atoms with Crippen molar-refractivity contribution in [2.75, 3.05) is 57.4 Å². The Balaban J connectivity index is 1.34. The molecule has 1 amide bonds. The van der Waals surface area contributed by atoms with Crippen LogP contribution in [0.15, 0.2) is 43.1 Å². The van der Waals surface area contributed by atoms with E-state index in [0.717, 1.165) is 45.3 Å². The second kappa shape index (κ2) is 13.7. The van der Waals surface area contributed by atoms with Gasteiger partial charge in [0, 0.05) is 61.3 Å². The van der Waals surface area contributed by atoms with Gasteiger partial charge in [-0.05, 0) is 60.8 Å². The molecule has 4 aromatic rings. The van der Waals surface area contributed by atoms with Crippen molar-refractivity contribution in [2.24, 2.45) is 10.8 Å². The summed E-state index contributed by atoms with van der Waals surface area (Å²) in [5.74, 6) is 0.939. The first-order valence-corrected chi connectivity index (χ1v) is 17.4. The van der Waals surface area contributed by atoms with Crippen LogP contribution in [-0.2, 0) is 9.53 Å². The van der Waals surface area contributed by atoms with Crippen LogP contribution in [0.2, 0.25) is 0 Å². The van der Waals surface area contributed by atoms with Gasteiger partial charge in [-0.3, -0.25) is 14.7 Å². The van der Waals surface area contributed by atoms with Crippen LogP contribution < -0.4 is 15.0 Å². The minimum Gasteiger partial charge on any atom is -0.508 e. The number of phenols is 1. The lowest BCUT2D eigenvalue weighted by atomic mass is 9.84. The van der Waals surface area contributed by atoms with Gasteiger partial charge in [-0.2, -0.15) is 9.97 Å². The molecule has 0 spiro atoms. The van der Waals surface area contributed by atoms with Crippen LogP contribution in [0.3, 0.4) is 0 Å². The van der Waals surface area contributed by atoms with Gasteiger partial charge in [-0.25, -0.2) is 8.78 Å². The van der Waals surface area contributed by atoms with E-state index in [1.165, 1.54) is 36.5 Å². The molecule has 1 atom stereocenters. The highest BCUT2D eigenvalue weighted by Crippen LogP contribution is 2.47. The average molecular weight is 697 g/mol. The molecule has 2 saturated heterocycles. The summed E-state index contributed by atoms with van der Waals surface area (Å²) in [7, 11) is 0. The van der Waals surface area contributed by atoms with Crippen LogP contribution in [0.5, 0.6) is 11.8 Å². The van der Waals surface area contributed by atoms with Gasteiger partial charge in [0.05, 0.1) is 30.8 Å². The number of pyridine rings is 1. The number of fused-ring (bicyclic) bond motifs is 2. The Morgan fingerprint density at radius 2 is 1.98 bits per heavy atom. The van der Waals surface area contributed by atoms with Crippen molar-refractivity contribution in [1.82, 2.24) is 25.2 Å². The second-order valence-corrected chi connectivity index (χ2v) is 14.8. The summed E-state index contributed by atoms with van der Waals surface area (Å²) in [5, 5.41) is 14.7. The molecule has 2 aromatic carbocycles. The zero-order valence-electron chi connectivity index (χ0n) is 29.0. The summed E-state index contributed by atoms with van der Waals surface area (Å²) in [5.41, 5.74) is -0.286. The van der Waals surface area contributed by atoms with Gasteiger partial charge >= 0.3 is 6.01 Å². The van der Waals surface area contributed by atoms with E-state index in [1.54, 1.807) is 0 Å². The number of rotatable bonds is 9. The van der Waals surface area contributed by atoms with E-state index >= 15 is 4.39 Å². The Morgan fingerprint density at radius 1 is 1.20 bits per heavy atom. The number of carbonyl (C=O) groups excluding carboxylic acids is 1. The molecule has 2 aromatic heterocycles. The molecule has 266 valence electrons. The zero-order chi connectivity index (χ0) is 35.9. The predicted molar refractivity (Wildman–Crippen MR) is 192 cm³/mol. The van der Waals surface area contributed by atoms with Gasteiger partial charge in [0.25, 0.3) is 0 Å². The minimum atomic E-state index is -0.791. The van der Waals surface area contributed by atoms with Gasteiger partial charge in [-0.15, -0.1) is 6.42 Å². The maximum atomic E-state index is 17.0. The lowest BCUT2D eigenvalue weighted by Crippen LogP contribution is -2.43. The Labute approximate surface area is 295 Å². The smallest absolute Gasteiger partial charge is 0.319 e. The van der Waals surface area contributed by atoms with E-state index in [1.807, 2.05) is 4.90 Å². The van der Waals surface area contributed by atoms with Gasteiger partial charge < -0.3 is 24.8 Å². The number of anilines is 1. The highest BCUT2D eigenvalue weighted by atomic mass is 19.1. The number of halogens is 2. The molecule has 10 nitrogen and oxygen atoms in total. The van der Waals surface area contributed by atoms with Crippen molar-refractivity contribution >= 4 is 33.4 Å². The molecule has 3 fully saturated rings. The van der Waals surface area contributed by atoms with Crippen LogP contribution in [0.1, 0.15) is 45.1 Å². The Bertz CT molecular complexity index is 2050. The number of benzene rings is 2. The number of carbonyl (C=O) groups is 1. The summed E-state index contributed by atoms with van der Waals surface area (Å²) in [6.45, 7) is 13.3. The lowest BCUT2D eigenvalue weighted by molar-refractivity contribution is -0.117. The third kappa shape index (κ3) is 7.18. The molecule has 1 saturated carbocycles. The summed E-state index contributed by atoms with van der Waals surface area (Å²) >= 11 is 0. The van der Waals surface area contributed by atoms with Crippen LogP contribution in [0.25, 0.3) is 32.9 Å². The van der Waals surface area contributed by atoms with E-state index < -0.39 is 11.6 Å². The fourth-order valence-electron chi connectivity index (χ4n) is 7.42. The number of phenolic OH excluding ortho intramolecular Hbond substituents is 1. The number of nitrogens with zero attached hydrogens (tertiary/aromatic N) is 5. The standard InChI is InChI=1S/C39H42F2N6O4/c1-5-27-30(40)8-7-24-17-26(48)18-28(32(24)27)34-33(41)35-29(20-42-34)36(47-12-11-38(3,4)19-25(21-47)43-31(49)6-2)45-37(44-35)51-23-39(9-10-39)22-46-13-15-50-16-14-46/h1,6-8,17-18,20,25,48H,2,9-16,19,21-23H2,3-4H3,(H,43,49)/t25-/m0/s1. The fourth-order valence-corrected chi connectivity index (χ4v) is 7.42. The Hall–Kier alpha value is -4.86. The molecule has 2 N–H and O–H groups in total. The number of nitrogens with one attached hydrogen (secondary N) is 1. The van der Waals surface area contributed by atoms with E-state index in [4.69, 9.17) is 20.9 Å². The minimum absolute atomic E-state index is 0.0214. The molecule has 0 unspecified atom stereocenters. The normalized spacial score (nSPS) is 20.1. The van der Waals surface area contributed by atoms with Crippen molar-refractivity contribution in [2.45, 2.75) is 45.6 Å². The summed E-state index contributed by atoms with van der Waals surface area (Å²) in [4.78, 5) is 30.9. The number of aromatic nitrogens is 3. The van der Waals surface area contributed by atoms with Crippen molar-refractivity contribution < 1.29 is 28.2 Å². The number of terminal acetylenes is 1. The number of morpholine rings is 1. The summed E-state index contributed by atoms with van der Waals surface area (Å²) < 4.78 is 43.8. The monoisotopic (exact) mass is 696 g/mol. The van der Waals surface area contributed by atoms with Crippen LogP contribution in [-0.4, -0.2) is 89.5 Å². The molecule has 4 heterocycles. The summed E-state index contributed by atoms with van der Waals surface area (Å²) in [6, 6.07) is 5.24. The fraction of sp³-hybridized carbons (Fsp3) is 0.436. The van der Waals surface area contributed by atoms with Crippen LogP contribution in [0, 0.1) is 34.8 Å². The second-order valence-electron chi connectivity index (χ2n) is 14.8. The quantitative estimate of drug-likeness (QED) is 0.171. The Morgan fingerprint density at radius 3 is 2.71 bits per heavy atom. The first-order valence-electron chi connectivity index (χ1n) is 17.4. The first kappa shape index (κ1) is 34.6. The van der Waals surface area contributed by atoms with Gasteiger partial charge in [0.15, 0.2) is 5.82 Å². The van der Waals surface area contributed by atoms with E-state index in [2.05, 4.69) is 46.5 Å². The lowest BCUT2D eigenvalue weighted by Gasteiger charge is -2.30. The average Bonchev–Trinajstić information content (AvgIpc) is 3.90. The van der Waals surface area contributed by atoms with Crippen LogP contribution >= 0.6 is 0 Å². The number of hydrogen-bond acceptors (Lipinski definition) is 9. The van der Waals surface area contributed by atoms with Gasteiger partial charge in [0.2, 0.25) is 5.91 Å². The maximum absolute atomic E-state index is 17.0. The van der Waals surface area contributed by atoms with E-state index in [9.17, 15) is 14.3 Å². The molecular formula is C39H42F2N6O4. The van der Waals surface area contributed by atoms with E-state index in [-0.39, 0.29) is 62.3 Å². The molecule has 0 radical (unpaired) electrons. The van der Waals surface area contributed by atoms with Crippen molar-refractivity contribution in [3.63, 3.8) is 0 Å². The molecule has 12 heteroatoms. The predicted octanol–water partition coefficient (Wildman–Crippen LogP) is 5.60. The molecule has 0 bridgehead atoms. The SMILES string of the molecule is C#Cc1c(F)ccc2cc(O)cc(-c3ncc4c(N5CCC(C)(C)C[C@H](NC(=O)C=C)C5)nc(OCC5(CN6CCOCC6)CC5)nc4c3F)c12. The molecule has 3 aliphatic rings. The maximum Gasteiger partial charge on any atom is 0.319 e. The van der Waals surface area contributed by atoms with Crippen molar-refractivity contribution in [1.29, 1.82) is 0 Å². The van der Waals surface area contributed by atoms with Gasteiger partial charge in [-0.1, -0.05) is 32.4 Å². The topological polar surface area (TPSA) is 113 Å². The number of amides is 1. The van der Waals surface area contributed by atoms with Crippen LogP contribution in [0.4, 0.5) is 14.6 Å².